The van der Waals surface area contributed by atoms with Gasteiger partial charge in [-0.1, -0.05) is 70.2 Å². The molecule has 0 spiro atoms. The van der Waals surface area contributed by atoms with Crippen molar-refractivity contribution >= 4 is 47.3 Å². The molecule has 0 aliphatic heterocycles. The van der Waals surface area contributed by atoms with Gasteiger partial charge in [-0.25, -0.2) is 0 Å². The van der Waals surface area contributed by atoms with Crippen molar-refractivity contribution in [3.63, 3.8) is 0 Å². The van der Waals surface area contributed by atoms with Gasteiger partial charge in [0.1, 0.15) is 41.6 Å². The Kier molecular flexibility index (Phi) is 19.0. The number of nitrogens with one attached hydrogen (secondary N) is 6. The van der Waals surface area contributed by atoms with Gasteiger partial charge in [-0.3, -0.25) is 38.4 Å². The first kappa shape index (κ1) is 49.1. The number of rotatable bonds is 21. The molecule has 7 amide bonds. The summed E-state index contributed by atoms with van der Waals surface area (Å²) in [4.78, 5) is 105. The number of benzene rings is 2. The van der Waals surface area contributed by atoms with E-state index < -0.39 is 114 Å². The van der Waals surface area contributed by atoms with E-state index in [0.717, 1.165) is 0 Å². The Balaban J connectivity index is 2.35. The third kappa shape index (κ3) is 17.6. The normalized spacial score (nSPS) is 14.4. The molecule has 0 saturated carbocycles. The highest BCUT2D eigenvalue weighted by Crippen LogP contribution is 2.14. The zero-order valence-electron chi connectivity index (χ0n) is 34.9. The summed E-state index contributed by atoms with van der Waals surface area (Å²) < 4.78 is 5.44. The number of hydrogen-bond acceptors (Lipinski definition) is 11. The SMILES string of the molecule is CC(C)[C@H](NC(=O)[C@H](CC(=O)OC(C)(C)C)NC(=O)[C@H](Cc1ccccc1)NC(=O)[C@@H](C)NC(=O)[C@@H](N)Cc1ccc(O)cc1)C(=O)N[C@H](C(=O)NCC(N)=O)C(C)C. The van der Waals surface area contributed by atoms with Crippen LogP contribution in [0.25, 0.3) is 0 Å². The van der Waals surface area contributed by atoms with Crippen LogP contribution < -0.4 is 43.4 Å². The molecule has 11 N–H and O–H groups in total. The standard InChI is InChI=1S/C41H60N8O10/c1-22(2)33(39(57)44-21-31(43)51)49-40(58)34(23(3)4)48-38(56)30(20-32(52)59-41(6,7)8)47-37(55)29(19-25-12-10-9-11-13-25)46-35(53)24(5)45-36(54)28(42)18-26-14-16-27(50)17-15-26/h9-17,22-24,28-30,33-34,50H,18-21,42H2,1-8H3,(H2,43,51)(H,44,57)(H,45,54)(H,46,53)(H,47,55)(H,48,56)(H,49,58)/t24-,28+,29+,30+,33+,34+/m1/s1. The van der Waals surface area contributed by atoms with Gasteiger partial charge in [0.25, 0.3) is 0 Å². The zero-order valence-corrected chi connectivity index (χ0v) is 34.9. The largest absolute Gasteiger partial charge is 0.508 e. The molecule has 0 aliphatic carbocycles. The lowest BCUT2D eigenvalue weighted by Crippen LogP contribution is -2.61. The van der Waals surface area contributed by atoms with Gasteiger partial charge in [-0.15, -0.1) is 0 Å². The molecule has 0 unspecified atom stereocenters. The lowest BCUT2D eigenvalue weighted by molar-refractivity contribution is -0.156. The van der Waals surface area contributed by atoms with Crippen molar-refractivity contribution in [3.05, 3.63) is 65.7 Å². The van der Waals surface area contributed by atoms with Crippen molar-refractivity contribution in [1.29, 1.82) is 0 Å². The second-order valence-electron chi connectivity index (χ2n) is 16.0. The average Bonchev–Trinajstić information content (AvgIpc) is 3.14. The molecule has 18 heteroatoms. The number of ether oxygens (including phenoxy) is 1. The Labute approximate surface area is 344 Å². The van der Waals surface area contributed by atoms with E-state index in [2.05, 4.69) is 31.9 Å². The van der Waals surface area contributed by atoms with Crippen LogP contribution in [0.4, 0.5) is 0 Å². The first-order chi connectivity index (χ1) is 27.5. The highest BCUT2D eigenvalue weighted by Gasteiger charge is 2.36. The number of carbonyl (C=O) groups excluding carboxylic acids is 8. The number of esters is 1. The molecule has 0 saturated heterocycles. The molecule has 324 valence electrons. The average molecular weight is 825 g/mol. The van der Waals surface area contributed by atoms with Crippen molar-refractivity contribution in [3.8, 4) is 5.75 Å². The van der Waals surface area contributed by atoms with Gasteiger partial charge in [-0.2, -0.15) is 0 Å². The van der Waals surface area contributed by atoms with E-state index in [1.165, 1.54) is 19.1 Å². The van der Waals surface area contributed by atoms with E-state index in [1.807, 2.05) is 0 Å². The van der Waals surface area contributed by atoms with E-state index in [0.29, 0.717) is 11.1 Å². The summed E-state index contributed by atoms with van der Waals surface area (Å²) in [5, 5.41) is 24.8. The van der Waals surface area contributed by atoms with Crippen LogP contribution in [0.3, 0.4) is 0 Å². The maximum Gasteiger partial charge on any atom is 0.308 e. The summed E-state index contributed by atoms with van der Waals surface area (Å²) in [6, 6.07) is 7.24. The van der Waals surface area contributed by atoms with E-state index in [4.69, 9.17) is 16.2 Å². The minimum Gasteiger partial charge on any atom is -0.508 e. The minimum atomic E-state index is -1.61. The molecule has 18 nitrogen and oxygen atoms in total. The number of nitrogens with two attached hydrogens (primary N) is 2. The van der Waals surface area contributed by atoms with Crippen LogP contribution in [0.5, 0.6) is 5.75 Å². The predicted octanol–water partition coefficient (Wildman–Crippen LogP) is -0.406. The van der Waals surface area contributed by atoms with Crippen LogP contribution >= 0.6 is 0 Å². The van der Waals surface area contributed by atoms with Crippen LogP contribution in [0.2, 0.25) is 0 Å². The van der Waals surface area contributed by atoms with Crippen LogP contribution in [0.1, 0.15) is 72.9 Å². The maximum absolute atomic E-state index is 14.1. The van der Waals surface area contributed by atoms with Gasteiger partial charge in [-0.05, 0) is 69.2 Å². The molecule has 2 rings (SSSR count). The molecular weight excluding hydrogens is 764 g/mol. The van der Waals surface area contributed by atoms with Crippen LogP contribution in [0.15, 0.2) is 54.6 Å². The molecule has 0 aromatic heterocycles. The van der Waals surface area contributed by atoms with E-state index >= 15 is 0 Å². The summed E-state index contributed by atoms with van der Waals surface area (Å²) >= 11 is 0. The van der Waals surface area contributed by atoms with Gasteiger partial charge >= 0.3 is 5.97 Å². The second kappa shape index (κ2) is 22.8. The molecule has 0 aliphatic rings. The Morgan fingerprint density at radius 3 is 1.68 bits per heavy atom. The monoisotopic (exact) mass is 824 g/mol. The predicted molar refractivity (Wildman–Crippen MR) is 218 cm³/mol. The van der Waals surface area contributed by atoms with Gasteiger partial charge in [0, 0.05) is 6.42 Å². The molecule has 0 fully saturated rings. The first-order valence-electron chi connectivity index (χ1n) is 19.3. The molecule has 2 aromatic carbocycles. The summed E-state index contributed by atoms with van der Waals surface area (Å²) in [6.45, 7) is 12.4. The highest BCUT2D eigenvalue weighted by atomic mass is 16.6. The third-order valence-electron chi connectivity index (χ3n) is 8.75. The summed E-state index contributed by atoms with van der Waals surface area (Å²) in [5.41, 5.74) is 11.6. The third-order valence-corrected chi connectivity index (χ3v) is 8.75. The second-order valence-corrected chi connectivity index (χ2v) is 16.0. The molecule has 6 atom stereocenters. The zero-order chi connectivity index (χ0) is 44.6. The van der Waals surface area contributed by atoms with E-state index in [9.17, 15) is 43.5 Å². The van der Waals surface area contributed by atoms with Crippen LogP contribution in [-0.2, 0) is 55.9 Å². The van der Waals surface area contributed by atoms with Gasteiger partial charge in [0.05, 0.1) is 19.0 Å². The molecule has 59 heavy (non-hydrogen) atoms. The maximum atomic E-state index is 14.1. The Hall–Kier alpha value is -6.04. The number of phenolic OH excluding ortho intramolecular Hbond substituents is 1. The van der Waals surface area contributed by atoms with Crippen molar-refractivity contribution < 1.29 is 48.2 Å². The number of phenols is 1. The lowest BCUT2D eigenvalue weighted by atomic mass is 9.99. The Morgan fingerprint density at radius 1 is 0.627 bits per heavy atom. The smallest absolute Gasteiger partial charge is 0.308 e. The van der Waals surface area contributed by atoms with Crippen molar-refractivity contribution in [1.82, 2.24) is 31.9 Å². The molecular formula is C41H60N8O10. The van der Waals surface area contributed by atoms with Gasteiger partial charge in [0.2, 0.25) is 41.4 Å². The summed E-state index contributed by atoms with van der Waals surface area (Å²) in [6.07, 6.45) is -0.612. The number of carbonyl (C=O) groups is 8. The molecule has 0 radical (unpaired) electrons. The molecule has 2 aromatic rings. The van der Waals surface area contributed by atoms with Gasteiger partial charge < -0.3 is 53.2 Å². The van der Waals surface area contributed by atoms with E-state index in [1.54, 1.807) is 90.9 Å². The quantitative estimate of drug-likeness (QED) is 0.0730. The summed E-state index contributed by atoms with van der Waals surface area (Å²) in [7, 11) is 0. The molecule has 0 bridgehead atoms. The fourth-order valence-electron chi connectivity index (χ4n) is 5.60. The van der Waals surface area contributed by atoms with E-state index in [-0.39, 0.29) is 18.6 Å². The van der Waals surface area contributed by atoms with Gasteiger partial charge in [0.15, 0.2) is 0 Å². The van der Waals surface area contributed by atoms with Crippen molar-refractivity contribution in [2.24, 2.45) is 23.3 Å². The van der Waals surface area contributed by atoms with Crippen LogP contribution in [-0.4, -0.2) is 101 Å². The summed E-state index contributed by atoms with van der Waals surface area (Å²) in [5.74, 6) is -7.22. The van der Waals surface area contributed by atoms with Crippen molar-refractivity contribution in [2.75, 3.05) is 6.54 Å². The topological polar surface area (TPSA) is 290 Å². The van der Waals surface area contributed by atoms with Crippen LogP contribution in [0, 0.1) is 11.8 Å². The molecule has 0 heterocycles. The number of amides is 7. The minimum absolute atomic E-state index is 0.0492. The first-order valence-corrected chi connectivity index (χ1v) is 19.3. The Morgan fingerprint density at radius 2 is 1.14 bits per heavy atom. The number of hydrogen-bond donors (Lipinski definition) is 9. The lowest BCUT2D eigenvalue weighted by Gasteiger charge is -2.29. The Bertz CT molecular complexity index is 1780. The number of aromatic hydroxyl groups is 1. The van der Waals surface area contributed by atoms with Crippen molar-refractivity contribution in [2.45, 2.75) is 117 Å². The number of primary amides is 1. The highest BCUT2D eigenvalue weighted by molar-refractivity contribution is 5.98. The fraction of sp³-hybridized carbons (Fsp3) is 0.512. The fourth-order valence-corrected chi connectivity index (χ4v) is 5.60.